The van der Waals surface area contributed by atoms with Crippen molar-refractivity contribution in [1.29, 1.82) is 0 Å². The molecule has 3 N–H and O–H groups in total. The molecule has 0 aliphatic heterocycles. The zero-order valence-corrected chi connectivity index (χ0v) is 46.7. The first-order chi connectivity index (χ1) is 34.5. The summed E-state index contributed by atoms with van der Waals surface area (Å²) < 4.78 is 28.9. The number of amides is 3. The van der Waals surface area contributed by atoms with Gasteiger partial charge in [0.1, 0.15) is 28.3 Å². The Morgan fingerprint density at radius 3 is 1.48 bits per heavy atom. The zero-order valence-electron chi connectivity index (χ0n) is 46.7. The minimum absolute atomic E-state index is 0.0218. The Kier molecular flexibility index (Phi) is 25.1. The normalized spacial score (nSPS) is 12.7. The van der Waals surface area contributed by atoms with E-state index in [4.69, 9.17) is 9.47 Å². The number of hydrogen-bond donors (Lipinski definition) is 3. The molecule has 4 aromatic rings. The number of ether oxygens (including phenoxy) is 2. The van der Waals surface area contributed by atoms with Crippen molar-refractivity contribution in [2.24, 2.45) is 5.92 Å². The third-order valence-electron chi connectivity index (χ3n) is 12.7. The fourth-order valence-corrected chi connectivity index (χ4v) is 9.35. The van der Waals surface area contributed by atoms with Gasteiger partial charge in [0.05, 0.1) is 26.0 Å². The quantitative estimate of drug-likeness (QED) is 0.0785. The van der Waals surface area contributed by atoms with Crippen LogP contribution in [0.3, 0.4) is 0 Å². The molecule has 0 bridgehead atoms. The van der Waals surface area contributed by atoms with Crippen molar-refractivity contribution in [3.8, 4) is 5.75 Å². The smallest absolute Gasteiger partial charge is 0.263 e. The molecule has 1 aromatic carbocycles. The van der Waals surface area contributed by atoms with Crippen LogP contribution in [-0.2, 0) is 43.8 Å². The lowest BCUT2D eigenvalue weighted by Crippen LogP contribution is -2.39. The molecule has 0 radical (unpaired) electrons. The van der Waals surface area contributed by atoms with Crippen LogP contribution < -0.4 is 37.4 Å². The summed E-state index contributed by atoms with van der Waals surface area (Å²) in [6, 6.07) is 11.1. The molecule has 3 aromatic heterocycles. The van der Waals surface area contributed by atoms with Crippen LogP contribution in [0.5, 0.6) is 5.75 Å². The first-order valence-electron chi connectivity index (χ1n) is 26.5. The van der Waals surface area contributed by atoms with Crippen LogP contribution in [0.15, 0.2) is 56.8 Å². The molecule has 15 heteroatoms. The fraction of sp³-hybridized carbons (Fsp3) is 0.586. The van der Waals surface area contributed by atoms with Crippen LogP contribution >= 0.6 is 0 Å². The molecule has 0 saturated heterocycles. The largest absolute Gasteiger partial charge is 0.495 e. The van der Waals surface area contributed by atoms with Gasteiger partial charge in [0.15, 0.2) is 0 Å². The maximum absolute atomic E-state index is 13.2. The van der Waals surface area contributed by atoms with Gasteiger partial charge in [-0.1, -0.05) is 86.3 Å². The van der Waals surface area contributed by atoms with E-state index in [1.165, 1.54) is 57.4 Å². The number of hydrogen-bond acceptors (Lipinski definition) is 8. The van der Waals surface area contributed by atoms with Gasteiger partial charge in [0, 0.05) is 55.8 Å². The van der Waals surface area contributed by atoms with Crippen LogP contribution in [0.1, 0.15) is 212 Å². The van der Waals surface area contributed by atoms with E-state index >= 15 is 0 Å². The van der Waals surface area contributed by atoms with E-state index in [2.05, 4.69) is 36.7 Å². The number of carbonyl (C=O) groups excluding carboxylic acids is 3. The van der Waals surface area contributed by atoms with E-state index in [0.29, 0.717) is 36.0 Å². The summed E-state index contributed by atoms with van der Waals surface area (Å²) in [5, 5.41) is 8.42. The summed E-state index contributed by atoms with van der Waals surface area (Å²) in [5.41, 5.74) is 5.42. The van der Waals surface area contributed by atoms with Crippen LogP contribution in [0.2, 0.25) is 0 Å². The van der Waals surface area contributed by atoms with Crippen molar-refractivity contribution in [3.05, 3.63) is 130 Å². The van der Waals surface area contributed by atoms with E-state index < -0.39 is 0 Å². The Labute approximate surface area is 433 Å². The molecule has 1 saturated carbocycles. The number of aromatic nitrogens is 3. The molecule has 1 aliphatic carbocycles. The predicted octanol–water partition coefficient (Wildman–Crippen LogP) is 10.1. The lowest BCUT2D eigenvalue weighted by atomic mass is 9.88. The lowest BCUT2D eigenvalue weighted by Gasteiger charge is -2.27. The van der Waals surface area contributed by atoms with E-state index in [-0.39, 0.29) is 87.9 Å². The van der Waals surface area contributed by atoms with E-state index in [1.54, 1.807) is 34.4 Å². The summed E-state index contributed by atoms with van der Waals surface area (Å²) >= 11 is 0. The highest BCUT2D eigenvalue weighted by Crippen LogP contribution is 2.28. The molecule has 0 atom stereocenters. The standard InChI is InChI=1S/C21H27FN2O2.C21H34N2O2.C16H26N2O4/c1-6-16-11-18(20(25)23-14(4)5)21(26)24(19(16)13(2)3)12-15-7-9-17(22)10-8-15;1-6-17-12-18(20(24)22-15(4)5)21(25)23(19(17)14(2)3)13-16-10-8-7-9-11-16;1-6-7-8-18-13(10-21-4)14(22-5)9-12(16(18)20)15(19)17-11(2)3/h7-11,13-14H,6,12H2,1-5H3,(H,23,25);12,14-16H,6-11,13H2,1-5H3,(H,22,24);9,11H,6-8,10H2,1-5H3,(H,17,19). The van der Waals surface area contributed by atoms with E-state index in [9.17, 15) is 33.2 Å². The van der Waals surface area contributed by atoms with Crippen molar-refractivity contribution in [2.45, 2.75) is 204 Å². The summed E-state index contributed by atoms with van der Waals surface area (Å²) in [7, 11) is 3.08. The molecule has 404 valence electrons. The maximum Gasteiger partial charge on any atom is 0.263 e. The first-order valence-corrected chi connectivity index (χ1v) is 26.5. The van der Waals surface area contributed by atoms with Gasteiger partial charge in [-0.25, -0.2) is 4.39 Å². The molecule has 3 heterocycles. The highest BCUT2D eigenvalue weighted by atomic mass is 19.1. The lowest BCUT2D eigenvalue weighted by molar-refractivity contribution is 0.0931. The third kappa shape index (κ3) is 17.4. The summed E-state index contributed by atoms with van der Waals surface area (Å²) in [5.74, 6) is 0.138. The van der Waals surface area contributed by atoms with Gasteiger partial charge in [-0.15, -0.1) is 0 Å². The molecule has 14 nitrogen and oxygen atoms in total. The van der Waals surface area contributed by atoms with Gasteiger partial charge in [-0.05, 0) is 132 Å². The average molecular weight is 1020 g/mol. The topological polar surface area (TPSA) is 172 Å². The molecular weight excluding hydrogens is 928 g/mol. The summed E-state index contributed by atoms with van der Waals surface area (Å²) in [4.78, 5) is 76.2. The number of methoxy groups -OCH3 is 2. The minimum Gasteiger partial charge on any atom is -0.495 e. The summed E-state index contributed by atoms with van der Waals surface area (Å²) in [6.07, 6.45) is 9.54. The second-order valence-electron chi connectivity index (χ2n) is 20.6. The Hall–Kier alpha value is -5.83. The monoisotopic (exact) mass is 1010 g/mol. The second-order valence-corrected chi connectivity index (χ2v) is 20.6. The number of nitrogens with one attached hydrogen (secondary N) is 3. The van der Waals surface area contributed by atoms with Crippen LogP contribution in [0.4, 0.5) is 4.39 Å². The SMILES string of the molecule is CCCCn1c(COC)c(OC)cc(C(=O)NC(C)C)c1=O.CCc1cc(C(=O)NC(C)C)c(=O)n(CC2CCCCC2)c1C(C)C.CCc1cc(C(=O)NC(C)C)c(=O)n(Cc2ccc(F)cc2)c1C(C)C. The summed E-state index contributed by atoms with van der Waals surface area (Å²) in [6.45, 7) is 27.6. The molecular formula is C58H87FN6O8. The Morgan fingerprint density at radius 1 is 0.630 bits per heavy atom. The van der Waals surface area contributed by atoms with Crippen molar-refractivity contribution in [3.63, 3.8) is 0 Å². The zero-order chi connectivity index (χ0) is 54.7. The van der Waals surface area contributed by atoms with Crippen LogP contribution in [-0.4, -0.2) is 63.8 Å². The predicted molar refractivity (Wildman–Crippen MR) is 291 cm³/mol. The minimum atomic E-state index is -0.382. The number of unbranched alkanes of at least 4 members (excludes halogenated alkanes) is 1. The van der Waals surface area contributed by atoms with E-state index in [0.717, 1.165) is 60.3 Å². The number of benzene rings is 1. The Balaban J connectivity index is 0.000000290. The molecule has 0 spiro atoms. The molecule has 0 unspecified atom stereocenters. The van der Waals surface area contributed by atoms with Crippen LogP contribution in [0.25, 0.3) is 0 Å². The van der Waals surface area contributed by atoms with Crippen molar-refractivity contribution in [1.82, 2.24) is 29.7 Å². The highest BCUT2D eigenvalue weighted by molar-refractivity contribution is 5.95. The number of nitrogens with zero attached hydrogens (tertiary/aromatic N) is 3. The van der Waals surface area contributed by atoms with Gasteiger partial charge in [0.2, 0.25) is 0 Å². The first kappa shape index (κ1) is 61.5. The molecule has 5 rings (SSSR count). The molecule has 3 amide bonds. The van der Waals surface area contributed by atoms with Gasteiger partial charge in [-0.3, -0.25) is 28.8 Å². The number of aryl methyl sites for hydroxylation is 2. The Bertz CT molecular complexity index is 2620. The van der Waals surface area contributed by atoms with Crippen molar-refractivity contribution >= 4 is 17.7 Å². The number of carbonyl (C=O) groups is 3. The van der Waals surface area contributed by atoms with Gasteiger partial charge in [-0.2, -0.15) is 0 Å². The number of halogens is 1. The number of pyridine rings is 3. The molecule has 73 heavy (non-hydrogen) atoms. The van der Waals surface area contributed by atoms with Crippen molar-refractivity contribution < 1.29 is 28.2 Å². The van der Waals surface area contributed by atoms with Gasteiger partial charge >= 0.3 is 0 Å². The average Bonchev–Trinajstić information content (AvgIpc) is 3.33. The fourth-order valence-electron chi connectivity index (χ4n) is 9.35. The molecule has 1 fully saturated rings. The highest BCUT2D eigenvalue weighted by Gasteiger charge is 2.25. The van der Waals surface area contributed by atoms with Gasteiger partial charge < -0.3 is 39.1 Å². The third-order valence-corrected chi connectivity index (χ3v) is 12.7. The Morgan fingerprint density at radius 2 is 1.07 bits per heavy atom. The van der Waals surface area contributed by atoms with E-state index in [1.807, 2.05) is 79.9 Å². The van der Waals surface area contributed by atoms with Crippen LogP contribution in [0, 0.1) is 11.7 Å². The number of rotatable bonds is 20. The maximum atomic E-state index is 13.2. The molecule has 1 aliphatic rings. The van der Waals surface area contributed by atoms with Crippen molar-refractivity contribution in [2.75, 3.05) is 14.2 Å². The second kappa shape index (κ2) is 29.8. The van der Waals surface area contributed by atoms with Gasteiger partial charge in [0.25, 0.3) is 34.4 Å².